The van der Waals surface area contributed by atoms with Gasteiger partial charge in [-0.3, -0.25) is 4.79 Å². The van der Waals surface area contributed by atoms with Crippen LogP contribution in [0, 0.1) is 11.3 Å². The van der Waals surface area contributed by atoms with Gasteiger partial charge in [-0.1, -0.05) is 25.2 Å². The fraction of sp³-hybridized carbons (Fsp3) is 0.706. The van der Waals surface area contributed by atoms with E-state index >= 15 is 0 Å². The van der Waals surface area contributed by atoms with Crippen molar-refractivity contribution < 1.29 is 14.6 Å². The van der Waals surface area contributed by atoms with Crippen LogP contribution in [0.1, 0.15) is 52.4 Å². The van der Waals surface area contributed by atoms with Gasteiger partial charge < -0.3 is 9.84 Å². The van der Waals surface area contributed by atoms with E-state index in [1.807, 2.05) is 13.0 Å². The molecule has 1 unspecified atom stereocenters. The second-order valence-corrected chi connectivity index (χ2v) is 6.42. The number of hydrogen-bond donors (Lipinski definition) is 1. The first-order chi connectivity index (χ1) is 9.48. The van der Waals surface area contributed by atoms with E-state index in [0.717, 1.165) is 44.0 Å². The van der Waals surface area contributed by atoms with Crippen molar-refractivity contribution in [2.24, 2.45) is 11.3 Å². The molecule has 1 aliphatic carbocycles. The second-order valence-electron chi connectivity index (χ2n) is 6.42. The van der Waals surface area contributed by atoms with E-state index in [0.29, 0.717) is 12.3 Å². The standard InChI is InChI=1S/C17H26O3/c1-12(11-18)5-4-6-14-8-9-15-17(14,3)13(2)7-10-16(19)20-15/h5,11,14-16,19H,2,4,6-10H2,1,3H3/b12-5+/t14-,15+,16?,17+/m0/s1. The normalized spacial score (nSPS) is 38.5. The van der Waals surface area contributed by atoms with Gasteiger partial charge in [-0.25, -0.2) is 0 Å². The summed E-state index contributed by atoms with van der Waals surface area (Å²) in [6, 6.07) is 0. The number of allylic oxidation sites excluding steroid dienone is 2. The molecule has 2 rings (SSSR count). The molecule has 0 amide bonds. The van der Waals surface area contributed by atoms with Crippen molar-refractivity contribution in [2.45, 2.75) is 64.8 Å². The zero-order valence-electron chi connectivity index (χ0n) is 12.6. The van der Waals surface area contributed by atoms with Crippen LogP contribution in [-0.2, 0) is 9.53 Å². The summed E-state index contributed by atoms with van der Waals surface area (Å²) in [6.45, 7) is 8.36. The molecule has 3 nitrogen and oxygen atoms in total. The van der Waals surface area contributed by atoms with Gasteiger partial charge in [0, 0.05) is 11.8 Å². The number of fused-ring (bicyclic) bond motifs is 1. The Labute approximate surface area is 121 Å². The van der Waals surface area contributed by atoms with Gasteiger partial charge in [0.15, 0.2) is 6.29 Å². The van der Waals surface area contributed by atoms with E-state index in [-0.39, 0.29) is 11.5 Å². The van der Waals surface area contributed by atoms with Crippen molar-refractivity contribution >= 4 is 6.29 Å². The van der Waals surface area contributed by atoms with Crippen molar-refractivity contribution in [3.05, 3.63) is 23.8 Å². The second kappa shape index (κ2) is 6.23. The summed E-state index contributed by atoms with van der Waals surface area (Å²) in [5.74, 6) is 0.529. The molecular weight excluding hydrogens is 252 g/mol. The Hall–Kier alpha value is -0.930. The van der Waals surface area contributed by atoms with Crippen LogP contribution in [-0.4, -0.2) is 23.8 Å². The number of carbonyl (C=O) groups is 1. The van der Waals surface area contributed by atoms with Gasteiger partial charge in [-0.2, -0.15) is 0 Å². The van der Waals surface area contributed by atoms with E-state index in [9.17, 15) is 9.90 Å². The van der Waals surface area contributed by atoms with E-state index in [1.54, 1.807) is 0 Å². The molecule has 4 atom stereocenters. The SMILES string of the molecule is C=C1CCC(O)O[C@@H]2CC[C@H](CC/C=C(\C)C=O)[C@@]12C. The van der Waals surface area contributed by atoms with Crippen LogP contribution in [0.2, 0.25) is 0 Å². The van der Waals surface area contributed by atoms with E-state index in [1.165, 1.54) is 5.57 Å². The first-order valence-electron chi connectivity index (χ1n) is 7.62. The molecule has 1 aliphatic heterocycles. The number of aliphatic hydroxyl groups is 1. The average Bonchev–Trinajstić information content (AvgIpc) is 2.69. The summed E-state index contributed by atoms with van der Waals surface area (Å²) in [5, 5.41) is 9.82. The van der Waals surface area contributed by atoms with Crippen molar-refractivity contribution in [1.29, 1.82) is 0 Å². The average molecular weight is 278 g/mol. The van der Waals surface area contributed by atoms with Gasteiger partial charge in [0.2, 0.25) is 0 Å². The molecule has 3 heteroatoms. The molecule has 0 spiro atoms. The Morgan fingerprint density at radius 2 is 2.25 bits per heavy atom. The molecule has 1 saturated heterocycles. The molecule has 2 aliphatic rings. The highest BCUT2D eigenvalue weighted by molar-refractivity contribution is 5.71. The zero-order valence-corrected chi connectivity index (χ0v) is 12.6. The lowest BCUT2D eigenvalue weighted by Crippen LogP contribution is -2.35. The molecule has 1 saturated carbocycles. The zero-order chi connectivity index (χ0) is 14.8. The Balaban J connectivity index is 2.08. The quantitative estimate of drug-likeness (QED) is 0.487. The van der Waals surface area contributed by atoms with Crippen LogP contribution in [0.25, 0.3) is 0 Å². The molecular formula is C17H26O3. The Kier molecular flexibility index (Phi) is 4.82. The third kappa shape index (κ3) is 2.89. The first kappa shape index (κ1) is 15.5. The van der Waals surface area contributed by atoms with Gasteiger partial charge in [-0.15, -0.1) is 0 Å². The van der Waals surface area contributed by atoms with Crippen molar-refractivity contribution in [3.63, 3.8) is 0 Å². The lowest BCUT2D eigenvalue weighted by molar-refractivity contribution is -0.151. The van der Waals surface area contributed by atoms with Crippen LogP contribution < -0.4 is 0 Å². The largest absolute Gasteiger partial charge is 0.368 e. The number of aliphatic hydroxyl groups excluding tert-OH is 1. The predicted molar refractivity (Wildman–Crippen MR) is 79.1 cm³/mol. The monoisotopic (exact) mass is 278 g/mol. The number of rotatable bonds is 4. The van der Waals surface area contributed by atoms with E-state index in [2.05, 4.69) is 13.5 Å². The van der Waals surface area contributed by atoms with Crippen LogP contribution in [0.4, 0.5) is 0 Å². The van der Waals surface area contributed by atoms with Gasteiger partial charge in [0.1, 0.15) is 6.29 Å². The minimum absolute atomic E-state index is 0.0274. The number of carbonyl (C=O) groups excluding carboxylic acids is 1. The number of aldehydes is 1. The third-order valence-corrected chi connectivity index (χ3v) is 5.24. The molecule has 0 aromatic carbocycles. The lowest BCUT2D eigenvalue weighted by atomic mass is 9.70. The highest BCUT2D eigenvalue weighted by atomic mass is 16.6. The van der Waals surface area contributed by atoms with Crippen molar-refractivity contribution in [1.82, 2.24) is 0 Å². The summed E-state index contributed by atoms with van der Waals surface area (Å²) >= 11 is 0. The third-order valence-electron chi connectivity index (χ3n) is 5.24. The van der Waals surface area contributed by atoms with Gasteiger partial charge >= 0.3 is 0 Å². The molecule has 20 heavy (non-hydrogen) atoms. The van der Waals surface area contributed by atoms with E-state index < -0.39 is 6.29 Å². The topological polar surface area (TPSA) is 46.5 Å². The maximum atomic E-state index is 10.6. The molecule has 112 valence electrons. The van der Waals surface area contributed by atoms with Gasteiger partial charge in [0.05, 0.1) is 6.10 Å². The van der Waals surface area contributed by atoms with Crippen molar-refractivity contribution in [3.8, 4) is 0 Å². The Bertz CT molecular complexity index is 412. The smallest absolute Gasteiger partial charge is 0.155 e. The predicted octanol–water partition coefficient (Wildman–Crippen LogP) is 3.38. The fourth-order valence-corrected chi connectivity index (χ4v) is 3.77. The highest BCUT2D eigenvalue weighted by Gasteiger charge is 2.50. The summed E-state index contributed by atoms with van der Waals surface area (Å²) in [5.41, 5.74) is 1.99. The lowest BCUT2D eigenvalue weighted by Gasteiger charge is -2.37. The summed E-state index contributed by atoms with van der Waals surface area (Å²) in [7, 11) is 0. The summed E-state index contributed by atoms with van der Waals surface area (Å²) in [6.07, 6.45) is 7.94. The number of ether oxygens (including phenoxy) is 1. The molecule has 0 radical (unpaired) electrons. The van der Waals surface area contributed by atoms with Crippen LogP contribution in [0.3, 0.4) is 0 Å². The van der Waals surface area contributed by atoms with E-state index in [4.69, 9.17) is 4.74 Å². The molecule has 0 aromatic rings. The minimum Gasteiger partial charge on any atom is -0.368 e. The fourth-order valence-electron chi connectivity index (χ4n) is 3.77. The Morgan fingerprint density at radius 1 is 1.50 bits per heavy atom. The highest BCUT2D eigenvalue weighted by Crippen LogP contribution is 2.54. The maximum absolute atomic E-state index is 10.6. The van der Waals surface area contributed by atoms with Crippen molar-refractivity contribution in [2.75, 3.05) is 0 Å². The summed E-state index contributed by atoms with van der Waals surface area (Å²) < 4.78 is 5.81. The Morgan fingerprint density at radius 3 is 2.95 bits per heavy atom. The minimum atomic E-state index is -0.644. The molecule has 0 bridgehead atoms. The van der Waals surface area contributed by atoms with Crippen LogP contribution in [0.15, 0.2) is 23.8 Å². The molecule has 2 fully saturated rings. The van der Waals surface area contributed by atoms with Crippen LogP contribution >= 0.6 is 0 Å². The first-order valence-corrected chi connectivity index (χ1v) is 7.62. The maximum Gasteiger partial charge on any atom is 0.155 e. The van der Waals surface area contributed by atoms with Gasteiger partial charge in [-0.05, 0) is 50.5 Å². The molecule has 1 heterocycles. The van der Waals surface area contributed by atoms with Gasteiger partial charge in [0.25, 0.3) is 0 Å². The van der Waals surface area contributed by atoms with Crippen LogP contribution in [0.5, 0.6) is 0 Å². The molecule has 1 N–H and O–H groups in total. The number of hydrogen-bond acceptors (Lipinski definition) is 3. The summed E-state index contributed by atoms with van der Waals surface area (Å²) in [4.78, 5) is 10.6. The molecule has 0 aromatic heterocycles.